The lowest BCUT2D eigenvalue weighted by Gasteiger charge is -2.08. The van der Waals surface area contributed by atoms with Crippen LogP contribution in [0.15, 0.2) is 65.6 Å². The van der Waals surface area contributed by atoms with Crippen molar-refractivity contribution in [3.05, 3.63) is 65.6 Å². The first kappa shape index (κ1) is 21.2. The highest BCUT2D eigenvalue weighted by molar-refractivity contribution is 7.08. The van der Waals surface area contributed by atoms with Crippen LogP contribution in [0, 0.1) is 5.92 Å². The van der Waals surface area contributed by atoms with Gasteiger partial charge in [0.1, 0.15) is 5.52 Å². The number of hydrogen-bond acceptors (Lipinski definition) is 6. The number of fused-ring (bicyclic) bond motifs is 2. The number of carbonyl (C=O) groups is 1. The van der Waals surface area contributed by atoms with Gasteiger partial charge in [0, 0.05) is 23.2 Å². The second kappa shape index (κ2) is 8.44. The zero-order chi connectivity index (χ0) is 23.9. The van der Waals surface area contributed by atoms with Crippen molar-refractivity contribution in [1.29, 1.82) is 0 Å². The Morgan fingerprint density at radius 2 is 1.91 bits per heavy atom. The predicted octanol–water partition coefficient (Wildman–Crippen LogP) is 5.89. The number of thiophene rings is 1. The maximum absolute atomic E-state index is 12.1. The van der Waals surface area contributed by atoms with E-state index in [4.69, 9.17) is 9.97 Å². The minimum atomic E-state index is -0.120. The number of rotatable bonds is 5. The van der Waals surface area contributed by atoms with Gasteiger partial charge in [0.2, 0.25) is 5.91 Å². The van der Waals surface area contributed by atoms with Crippen LogP contribution in [0.4, 0.5) is 5.69 Å². The summed E-state index contributed by atoms with van der Waals surface area (Å²) in [6.07, 6.45) is 3.36. The first-order chi connectivity index (χ1) is 17.1. The normalized spacial score (nSPS) is 11.5. The third kappa shape index (κ3) is 3.85. The third-order valence-electron chi connectivity index (χ3n) is 5.80. The number of imidazole rings is 1. The molecule has 0 aliphatic carbocycles. The Bertz CT molecular complexity index is 1680. The molecular formula is C26H21N7OS. The van der Waals surface area contributed by atoms with Crippen molar-refractivity contribution in [3.63, 3.8) is 0 Å². The van der Waals surface area contributed by atoms with Gasteiger partial charge in [-0.25, -0.2) is 9.97 Å². The molecule has 0 bridgehead atoms. The van der Waals surface area contributed by atoms with Crippen LogP contribution < -0.4 is 5.32 Å². The lowest BCUT2D eigenvalue weighted by atomic mass is 10.1. The third-order valence-corrected chi connectivity index (χ3v) is 6.49. The van der Waals surface area contributed by atoms with E-state index in [2.05, 4.69) is 48.4 Å². The smallest absolute Gasteiger partial charge is 0.226 e. The molecule has 6 rings (SSSR count). The monoisotopic (exact) mass is 479 g/mol. The van der Waals surface area contributed by atoms with Crippen LogP contribution in [0.2, 0.25) is 0 Å². The summed E-state index contributed by atoms with van der Waals surface area (Å²) in [5.41, 5.74) is 8.36. The van der Waals surface area contributed by atoms with Crippen molar-refractivity contribution in [3.8, 4) is 33.9 Å². The van der Waals surface area contributed by atoms with E-state index in [0.717, 1.165) is 38.9 Å². The molecule has 0 aliphatic heterocycles. The van der Waals surface area contributed by atoms with E-state index < -0.39 is 0 Å². The van der Waals surface area contributed by atoms with Crippen molar-refractivity contribution in [2.45, 2.75) is 13.8 Å². The number of para-hydroxylation sites is 1. The van der Waals surface area contributed by atoms with Crippen LogP contribution >= 0.6 is 11.3 Å². The quantitative estimate of drug-likeness (QED) is 0.286. The lowest BCUT2D eigenvalue weighted by molar-refractivity contribution is -0.118. The van der Waals surface area contributed by atoms with Crippen LogP contribution in [-0.2, 0) is 4.79 Å². The van der Waals surface area contributed by atoms with Crippen molar-refractivity contribution in [2.75, 3.05) is 5.32 Å². The lowest BCUT2D eigenvalue weighted by Crippen LogP contribution is -2.17. The summed E-state index contributed by atoms with van der Waals surface area (Å²) in [5, 5.41) is 14.6. The fourth-order valence-electron chi connectivity index (χ4n) is 3.95. The first-order valence-corrected chi connectivity index (χ1v) is 12.1. The van der Waals surface area contributed by atoms with Crippen LogP contribution in [0.25, 0.3) is 56.0 Å². The number of pyridine rings is 2. The second-order valence-electron chi connectivity index (χ2n) is 8.57. The SMILES string of the molecule is CC(C)C(=O)Nc1cncc(-c2ccc3[nH]nc(-c4nc5c(-c6ccsc6)cccc5[nH]4)c3n2)c1. The molecule has 172 valence electrons. The van der Waals surface area contributed by atoms with Crippen LogP contribution in [0.3, 0.4) is 0 Å². The molecular weight excluding hydrogens is 458 g/mol. The second-order valence-corrected chi connectivity index (χ2v) is 9.35. The Hall–Kier alpha value is -4.37. The van der Waals surface area contributed by atoms with Gasteiger partial charge in [-0.05, 0) is 46.7 Å². The maximum Gasteiger partial charge on any atom is 0.226 e. The number of anilines is 1. The van der Waals surface area contributed by atoms with Gasteiger partial charge in [-0.2, -0.15) is 16.4 Å². The van der Waals surface area contributed by atoms with Gasteiger partial charge in [0.25, 0.3) is 0 Å². The summed E-state index contributed by atoms with van der Waals surface area (Å²) in [5.74, 6) is 0.469. The molecule has 0 unspecified atom stereocenters. The van der Waals surface area contributed by atoms with E-state index >= 15 is 0 Å². The highest BCUT2D eigenvalue weighted by Gasteiger charge is 2.17. The van der Waals surface area contributed by atoms with Crippen LogP contribution in [0.5, 0.6) is 0 Å². The molecule has 6 aromatic rings. The molecule has 5 aromatic heterocycles. The standard InChI is InChI=1S/C26H21N7OS/c1-14(2)26(34)28-17-10-16(11-27-12-17)19-6-7-21-23(29-19)24(33-32-21)25-30-20-5-3-4-18(22(20)31-25)15-8-9-35-13-15/h3-14H,1-2H3,(H,28,34)(H,30,31)(H,32,33). The molecule has 5 heterocycles. The van der Waals surface area contributed by atoms with Gasteiger partial charge in [0.05, 0.1) is 34.1 Å². The molecule has 0 radical (unpaired) electrons. The number of carbonyl (C=O) groups excluding carboxylic acids is 1. The van der Waals surface area contributed by atoms with E-state index in [1.165, 1.54) is 0 Å². The van der Waals surface area contributed by atoms with Crippen molar-refractivity contribution in [1.82, 2.24) is 30.1 Å². The molecule has 0 saturated carbocycles. The Balaban J connectivity index is 1.41. The van der Waals surface area contributed by atoms with Crippen molar-refractivity contribution in [2.24, 2.45) is 5.92 Å². The molecule has 8 nitrogen and oxygen atoms in total. The number of aromatic amines is 2. The number of hydrogen-bond donors (Lipinski definition) is 3. The Morgan fingerprint density at radius 3 is 2.74 bits per heavy atom. The van der Waals surface area contributed by atoms with Gasteiger partial charge >= 0.3 is 0 Å². The number of amides is 1. The van der Waals surface area contributed by atoms with Crippen molar-refractivity contribution >= 4 is 45.0 Å². The largest absolute Gasteiger partial charge is 0.336 e. The van der Waals surface area contributed by atoms with Gasteiger partial charge in [-0.3, -0.25) is 14.9 Å². The summed E-state index contributed by atoms with van der Waals surface area (Å²) < 4.78 is 0. The number of aromatic nitrogens is 6. The van der Waals surface area contributed by atoms with E-state index in [0.29, 0.717) is 22.7 Å². The summed E-state index contributed by atoms with van der Waals surface area (Å²) >= 11 is 1.66. The zero-order valence-electron chi connectivity index (χ0n) is 19.0. The molecule has 0 spiro atoms. The molecule has 1 amide bonds. The topological polar surface area (TPSA) is 112 Å². The zero-order valence-corrected chi connectivity index (χ0v) is 19.9. The molecule has 9 heteroatoms. The molecule has 1 aromatic carbocycles. The summed E-state index contributed by atoms with van der Waals surface area (Å²) in [6, 6.07) is 13.9. The molecule has 35 heavy (non-hydrogen) atoms. The van der Waals surface area contributed by atoms with Gasteiger partial charge < -0.3 is 10.3 Å². The molecule has 0 saturated heterocycles. The van der Waals surface area contributed by atoms with E-state index in [9.17, 15) is 4.79 Å². The highest BCUT2D eigenvalue weighted by Crippen LogP contribution is 2.32. The van der Waals surface area contributed by atoms with Crippen LogP contribution in [-0.4, -0.2) is 36.0 Å². The molecule has 0 fully saturated rings. The average molecular weight is 480 g/mol. The molecule has 3 N–H and O–H groups in total. The number of benzene rings is 1. The van der Waals surface area contributed by atoms with Crippen molar-refractivity contribution < 1.29 is 4.79 Å². The highest BCUT2D eigenvalue weighted by atomic mass is 32.1. The number of nitrogens with one attached hydrogen (secondary N) is 3. The summed E-state index contributed by atoms with van der Waals surface area (Å²) in [4.78, 5) is 29.6. The molecule has 0 aliphatic rings. The Kier molecular flexibility index (Phi) is 5.11. The van der Waals surface area contributed by atoms with E-state index in [1.807, 2.05) is 44.2 Å². The van der Waals surface area contributed by atoms with Crippen LogP contribution in [0.1, 0.15) is 13.8 Å². The van der Waals surface area contributed by atoms with Gasteiger partial charge in [0.15, 0.2) is 11.5 Å². The van der Waals surface area contributed by atoms with E-state index in [1.54, 1.807) is 23.7 Å². The minimum Gasteiger partial charge on any atom is -0.336 e. The number of H-pyrrole nitrogens is 2. The fourth-order valence-corrected chi connectivity index (χ4v) is 4.61. The predicted molar refractivity (Wildman–Crippen MR) is 139 cm³/mol. The Morgan fingerprint density at radius 1 is 1.00 bits per heavy atom. The van der Waals surface area contributed by atoms with Gasteiger partial charge in [-0.1, -0.05) is 26.0 Å². The van der Waals surface area contributed by atoms with Gasteiger partial charge in [-0.15, -0.1) is 0 Å². The Labute approximate surface area is 204 Å². The first-order valence-electron chi connectivity index (χ1n) is 11.2. The summed E-state index contributed by atoms with van der Waals surface area (Å²) in [6.45, 7) is 3.70. The van der Waals surface area contributed by atoms with E-state index in [-0.39, 0.29) is 11.8 Å². The fraction of sp³-hybridized carbons (Fsp3) is 0.115. The average Bonchev–Trinajstić information content (AvgIpc) is 3.62. The minimum absolute atomic E-state index is 0.0591. The number of nitrogens with zero attached hydrogens (tertiary/aromatic N) is 4. The molecule has 0 atom stereocenters. The summed E-state index contributed by atoms with van der Waals surface area (Å²) in [7, 11) is 0. The maximum atomic E-state index is 12.1.